The van der Waals surface area contributed by atoms with Crippen molar-refractivity contribution in [1.82, 2.24) is 19.7 Å². The molecule has 0 unspecified atom stereocenters. The molecule has 0 bridgehead atoms. The Kier molecular flexibility index (Phi) is 4.65. The monoisotopic (exact) mass is 260 g/mol. The fourth-order valence-corrected chi connectivity index (χ4v) is 2.01. The average Bonchev–Trinajstić information content (AvgIpc) is 2.89. The quantitative estimate of drug-likeness (QED) is 0.854. The van der Waals surface area contributed by atoms with Crippen LogP contribution in [-0.4, -0.2) is 44.5 Å². The fraction of sp³-hybridized carbons (Fsp3) is 0.429. The largest absolute Gasteiger partial charge is 0.395 e. The number of benzene rings is 1. The highest BCUT2D eigenvalue weighted by Crippen LogP contribution is 2.08. The average molecular weight is 260 g/mol. The van der Waals surface area contributed by atoms with E-state index in [4.69, 9.17) is 0 Å². The van der Waals surface area contributed by atoms with Crippen molar-refractivity contribution in [2.45, 2.75) is 25.9 Å². The standard InChI is InChI=1S/C14H20N4O/c1-3-12(10-19)17(2)9-14-15-11-18(16-14)13-7-5-4-6-8-13/h4-8,11-12,19H,3,9-10H2,1-2H3/t12-/m0/s1. The second-order valence-electron chi connectivity index (χ2n) is 4.60. The van der Waals surface area contributed by atoms with Crippen molar-refractivity contribution in [1.29, 1.82) is 0 Å². The van der Waals surface area contributed by atoms with Crippen LogP contribution in [-0.2, 0) is 6.54 Å². The zero-order valence-corrected chi connectivity index (χ0v) is 11.4. The van der Waals surface area contributed by atoms with Crippen LogP contribution in [0.2, 0.25) is 0 Å². The zero-order chi connectivity index (χ0) is 13.7. The number of likely N-dealkylation sites (N-methyl/N-ethyl adjacent to an activating group) is 1. The molecule has 0 aliphatic heterocycles. The van der Waals surface area contributed by atoms with E-state index in [1.54, 1.807) is 11.0 Å². The van der Waals surface area contributed by atoms with Crippen molar-refractivity contribution >= 4 is 0 Å². The van der Waals surface area contributed by atoms with E-state index in [0.29, 0.717) is 6.54 Å². The molecule has 0 radical (unpaired) electrons. The molecular formula is C14H20N4O. The number of aliphatic hydroxyl groups is 1. The van der Waals surface area contributed by atoms with Gasteiger partial charge in [-0.1, -0.05) is 25.1 Å². The normalized spacial score (nSPS) is 12.8. The molecule has 0 amide bonds. The van der Waals surface area contributed by atoms with Gasteiger partial charge in [-0.3, -0.25) is 4.90 Å². The van der Waals surface area contributed by atoms with Gasteiger partial charge in [0.1, 0.15) is 6.33 Å². The summed E-state index contributed by atoms with van der Waals surface area (Å²) >= 11 is 0. The van der Waals surface area contributed by atoms with Crippen molar-refractivity contribution in [3.05, 3.63) is 42.5 Å². The predicted octanol–water partition coefficient (Wildman–Crippen LogP) is 1.47. The molecule has 0 spiro atoms. The Hall–Kier alpha value is -1.72. The van der Waals surface area contributed by atoms with Gasteiger partial charge in [-0.15, -0.1) is 5.10 Å². The second-order valence-corrected chi connectivity index (χ2v) is 4.60. The van der Waals surface area contributed by atoms with Gasteiger partial charge in [-0.05, 0) is 25.6 Å². The van der Waals surface area contributed by atoms with E-state index in [1.165, 1.54) is 0 Å². The molecule has 102 valence electrons. The third-order valence-corrected chi connectivity index (χ3v) is 3.26. The first-order chi connectivity index (χ1) is 9.24. The van der Waals surface area contributed by atoms with Crippen LogP contribution < -0.4 is 0 Å². The molecule has 0 fully saturated rings. The van der Waals surface area contributed by atoms with Crippen LogP contribution in [0.25, 0.3) is 5.69 Å². The highest BCUT2D eigenvalue weighted by Gasteiger charge is 2.13. The highest BCUT2D eigenvalue weighted by molar-refractivity contribution is 5.29. The van der Waals surface area contributed by atoms with E-state index in [1.807, 2.05) is 37.4 Å². The van der Waals surface area contributed by atoms with E-state index in [-0.39, 0.29) is 12.6 Å². The van der Waals surface area contributed by atoms with Gasteiger partial charge < -0.3 is 5.11 Å². The lowest BCUT2D eigenvalue weighted by molar-refractivity contribution is 0.136. The molecule has 0 saturated carbocycles. The minimum absolute atomic E-state index is 0.156. The molecule has 0 aliphatic rings. The maximum atomic E-state index is 9.27. The summed E-state index contributed by atoms with van der Waals surface area (Å²) in [6, 6.07) is 10.1. The van der Waals surface area contributed by atoms with Crippen molar-refractivity contribution in [2.24, 2.45) is 0 Å². The van der Waals surface area contributed by atoms with E-state index < -0.39 is 0 Å². The van der Waals surface area contributed by atoms with Crippen LogP contribution in [0.4, 0.5) is 0 Å². The number of nitrogens with zero attached hydrogens (tertiary/aromatic N) is 4. The molecule has 1 aromatic heterocycles. The summed E-state index contributed by atoms with van der Waals surface area (Å²) in [5.74, 6) is 0.762. The number of aromatic nitrogens is 3. The lowest BCUT2D eigenvalue weighted by atomic mass is 10.2. The van der Waals surface area contributed by atoms with Crippen LogP contribution in [0.5, 0.6) is 0 Å². The molecular weight excluding hydrogens is 240 g/mol. The third kappa shape index (κ3) is 3.39. The molecule has 2 rings (SSSR count). The smallest absolute Gasteiger partial charge is 0.164 e. The van der Waals surface area contributed by atoms with Gasteiger partial charge in [-0.25, -0.2) is 9.67 Å². The number of rotatable bonds is 6. The molecule has 1 N–H and O–H groups in total. The van der Waals surface area contributed by atoms with Crippen LogP contribution in [0, 0.1) is 0 Å². The molecule has 5 heteroatoms. The van der Waals surface area contributed by atoms with Gasteiger partial charge >= 0.3 is 0 Å². The SMILES string of the molecule is CC[C@@H](CO)N(C)Cc1ncn(-c2ccccc2)n1. The van der Waals surface area contributed by atoms with Gasteiger partial charge in [-0.2, -0.15) is 0 Å². The molecule has 1 aromatic carbocycles. The Morgan fingerprint density at radius 2 is 2.05 bits per heavy atom. The maximum absolute atomic E-state index is 9.27. The summed E-state index contributed by atoms with van der Waals surface area (Å²) in [7, 11) is 1.98. The van der Waals surface area contributed by atoms with Gasteiger partial charge in [0.25, 0.3) is 0 Å². The van der Waals surface area contributed by atoms with Gasteiger partial charge in [0, 0.05) is 6.04 Å². The van der Waals surface area contributed by atoms with Crippen LogP contribution in [0.15, 0.2) is 36.7 Å². The van der Waals surface area contributed by atoms with Crippen LogP contribution in [0.1, 0.15) is 19.2 Å². The fourth-order valence-electron chi connectivity index (χ4n) is 2.01. The van der Waals surface area contributed by atoms with Crippen molar-refractivity contribution in [2.75, 3.05) is 13.7 Å². The summed E-state index contributed by atoms with van der Waals surface area (Å²) in [6.45, 7) is 2.86. The van der Waals surface area contributed by atoms with Crippen LogP contribution in [0.3, 0.4) is 0 Å². The summed E-state index contributed by atoms with van der Waals surface area (Å²) in [4.78, 5) is 6.39. The van der Waals surface area contributed by atoms with E-state index in [9.17, 15) is 5.11 Å². The number of hydrogen-bond donors (Lipinski definition) is 1. The van der Waals surface area contributed by atoms with Gasteiger partial charge in [0.05, 0.1) is 18.8 Å². The Labute approximate surface area is 113 Å². The summed E-state index contributed by atoms with van der Waals surface area (Å²) in [5, 5.41) is 13.7. The van der Waals surface area contributed by atoms with Gasteiger partial charge in [0.2, 0.25) is 0 Å². The number of aliphatic hydroxyl groups excluding tert-OH is 1. The predicted molar refractivity (Wildman–Crippen MR) is 74.0 cm³/mol. The van der Waals surface area contributed by atoms with Crippen molar-refractivity contribution < 1.29 is 5.11 Å². The highest BCUT2D eigenvalue weighted by atomic mass is 16.3. The summed E-state index contributed by atoms with van der Waals surface area (Å²) in [5.41, 5.74) is 0.998. The van der Waals surface area contributed by atoms with E-state index in [2.05, 4.69) is 21.9 Å². The Morgan fingerprint density at radius 1 is 1.32 bits per heavy atom. The molecule has 0 aliphatic carbocycles. The molecule has 5 nitrogen and oxygen atoms in total. The molecule has 2 aromatic rings. The number of para-hydroxylation sites is 1. The first-order valence-electron chi connectivity index (χ1n) is 6.51. The maximum Gasteiger partial charge on any atom is 0.164 e. The molecule has 1 atom stereocenters. The Balaban J connectivity index is 2.06. The Morgan fingerprint density at radius 3 is 2.68 bits per heavy atom. The number of hydrogen-bond acceptors (Lipinski definition) is 4. The minimum atomic E-state index is 0.156. The van der Waals surface area contributed by atoms with E-state index in [0.717, 1.165) is 17.9 Å². The zero-order valence-electron chi connectivity index (χ0n) is 11.4. The molecule has 19 heavy (non-hydrogen) atoms. The third-order valence-electron chi connectivity index (χ3n) is 3.26. The Bertz CT molecular complexity index is 493. The topological polar surface area (TPSA) is 54.2 Å². The van der Waals surface area contributed by atoms with Crippen LogP contribution >= 0.6 is 0 Å². The lowest BCUT2D eigenvalue weighted by Crippen LogP contribution is -2.33. The van der Waals surface area contributed by atoms with Gasteiger partial charge in [0.15, 0.2) is 5.82 Å². The molecule has 0 saturated heterocycles. The lowest BCUT2D eigenvalue weighted by Gasteiger charge is -2.23. The summed E-state index contributed by atoms with van der Waals surface area (Å²) < 4.78 is 1.77. The van der Waals surface area contributed by atoms with Crippen molar-refractivity contribution in [3.63, 3.8) is 0 Å². The van der Waals surface area contributed by atoms with E-state index >= 15 is 0 Å². The first kappa shape index (κ1) is 13.7. The molecule has 1 heterocycles. The summed E-state index contributed by atoms with van der Waals surface area (Å²) in [6.07, 6.45) is 2.63. The first-order valence-corrected chi connectivity index (χ1v) is 6.51. The van der Waals surface area contributed by atoms with Crippen molar-refractivity contribution in [3.8, 4) is 5.69 Å². The minimum Gasteiger partial charge on any atom is -0.395 e. The second kappa shape index (κ2) is 6.45.